The molecule has 0 saturated heterocycles. The molecule has 0 aliphatic rings. The molecule has 11 rings (SSSR count). The van der Waals surface area contributed by atoms with E-state index in [1.807, 2.05) is 30.3 Å². The maximum atomic E-state index is 10.1. The fourth-order valence-electron chi connectivity index (χ4n) is 8.70. The van der Waals surface area contributed by atoms with Gasteiger partial charge in [-0.15, -0.1) is 0 Å². The standard InChI is InChI=1S/C50H29N5/c51-30-32-18-26-48(43(27-32)34-19-21-35(22-20-34)53-44-13-5-3-11-39(44)41-24-17-33(31-52)28-49(41)53)55-47-16-8-4-12-40(47)42-25-23-36(29-50(42)55)54-45-14-6-1-9-37(45)38-10-2-7-15-46(38)54/h1-29H. The molecule has 3 aromatic heterocycles. The van der Waals surface area contributed by atoms with E-state index in [1.54, 1.807) is 0 Å². The first-order valence-electron chi connectivity index (χ1n) is 18.3. The van der Waals surface area contributed by atoms with Gasteiger partial charge in [-0.2, -0.15) is 10.5 Å². The van der Waals surface area contributed by atoms with E-state index in [9.17, 15) is 10.5 Å². The number of para-hydroxylation sites is 4. The van der Waals surface area contributed by atoms with Gasteiger partial charge < -0.3 is 13.7 Å². The number of nitrogens with zero attached hydrogens (tertiary/aromatic N) is 5. The molecule has 55 heavy (non-hydrogen) atoms. The highest BCUT2D eigenvalue weighted by Gasteiger charge is 2.19. The maximum Gasteiger partial charge on any atom is 0.0992 e. The van der Waals surface area contributed by atoms with Crippen LogP contribution in [0.4, 0.5) is 0 Å². The fraction of sp³-hybridized carbons (Fsp3) is 0. The van der Waals surface area contributed by atoms with Crippen LogP contribution in [0.2, 0.25) is 0 Å². The summed E-state index contributed by atoms with van der Waals surface area (Å²) in [4.78, 5) is 0. The first kappa shape index (κ1) is 30.7. The van der Waals surface area contributed by atoms with Crippen LogP contribution in [0.15, 0.2) is 176 Å². The fourth-order valence-corrected chi connectivity index (χ4v) is 8.70. The zero-order chi connectivity index (χ0) is 36.6. The molecule has 3 heterocycles. The number of fused-ring (bicyclic) bond motifs is 9. The molecular formula is C50H29N5. The van der Waals surface area contributed by atoms with Crippen molar-refractivity contribution in [2.24, 2.45) is 0 Å². The summed E-state index contributed by atoms with van der Waals surface area (Å²) in [5.74, 6) is 0. The van der Waals surface area contributed by atoms with Crippen LogP contribution in [0, 0.1) is 22.7 Å². The van der Waals surface area contributed by atoms with Crippen LogP contribution in [-0.2, 0) is 0 Å². The van der Waals surface area contributed by atoms with Crippen molar-refractivity contribution in [2.45, 2.75) is 0 Å². The van der Waals surface area contributed by atoms with Gasteiger partial charge in [0.2, 0.25) is 0 Å². The summed E-state index contributed by atoms with van der Waals surface area (Å²) in [6.07, 6.45) is 0. The molecule has 0 bridgehead atoms. The summed E-state index contributed by atoms with van der Waals surface area (Å²) < 4.78 is 6.94. The Kier molecular flexibility index (Phi) is 6.61. The molecule has 5 nitrogen and oxygen atoms in total. The van der Waals surface area contributed by atoms with Crippen LogP contribution in [0.1, 0.15) is 11.1 Å². The average molecular weight is 700 g/mol. The van der Waals surface area contributed by atoms with Crippen molar-refractivity contribution in [1.29, 1.82) is 10.5 Å². The van der Waals surface area contributed by atoms with E-state index in [0.29, 0.717) is 11.1 Å². The Morgan fingerprint density at radius 2 is 0.745 bits per heavy atom. The normalized spacial score (nSPS) is 11.6. The van der Waals surface area contributed by atoms with Crippen LogP contribution in [-0.4, -0.2) is 13.7 Å². The number of aromatic nitrogens is 3. The Hall–Kier alpha value is -7.86. The quantitative estimate of drug-likeness (QED) is 0.184. The molecule has 0 atom stereocenters. The third-order valence-electron chi connectivity index (χ3n) is 11.1. The van der Waals surface area contributed by atoms with Crippen molar-refractivity contribution in [1.82, 2.24) is 13.7 Å². The molecule has 5 heteroatoms. The molecule has 0 aliphatic carbocycles. The van der Waals surface area contributed by atoms with Crippen LogP contribution in [0.5, 0.6) is 0 Å². The van der Waals surface area contributed by atoms with E-state index in [-0.39, 0.29) is 0 Å². The Bertz CT molecular complexity index is 3400. The van der Waals surface area contributed by atoms with Gasteiger partial charge in [-0.3, -0.25) is 0 Å². The van der Waals surface area contributed by atoms with Crippen LogP contribution in [0.3, 0.4) is 0 Å². The van der Waals surface area contributed by atoms with Crippen molar-refractivity contribution < 1.29 is 0 Å². The van der Waals surface area contributed by atoms with Gasteiger partial charge in [0, 0.05) is 49.3 Å². The van der Waals surface area contributed by atoms with Crippen molar-refractivity contribution in [3.63, 3.8) is 0 Å². The second-order valence-electron chi connectivity index (χ2n) is 14.0. The molecule has 0 saturated carbocycles. The molecule has 0 radical (unpaired) electrons. The monoisotopic (exact) mass is 699 g/mol. The lowest BCUT2D eigenvalue weighted by molar-refractivity contribution is 1.15. The van der Waals surface area contributed by atoms with Gasteiger partial charge in [0.15, 0.2) is 0 Å². The van der Waals surface area contributed by atoms with E-state index in [1.165, 1.54) is 16.2 Å². The summed E-state index contributed by atoms with van der Waals surface area (Å²) >= 11 is 0. The van der Waals surface area contributed by atoms with Gasteiger partial charge in [0.1, 0.15) is 0 Å². The molecule has 0 fully saturated rings. The van der Waals surface area contributed by atoms with Crippen molar-refractivity contribution in [3.8, 4) is 40.3 Å². The minimum absolute atomic E-state index is 0.598. The van der Waals surface area contributed by atoms with E-state index in [0.717, 1.165) is 77.4 Å². The third kappa shape index (κ3) is 4.51. The molecule has 0 spiro atoms. The highest BCUT2D eigenvalue weighted by Crippen LogP contribution is 2.40. The molecule has 8 aromatic carbocycles. The molecule has 11 aromatic rings. The average Bonchev–Trinajstić information content (AvgIpc) is 3.88. The maximum absolute atomic E-state index is 10.1. The van der Waals surface area contributed by atoms with Crippen molar-refractivity contribution in [3.05, 3.63) is 187 Å². The summed E-state index contributed by atoms with van der Waals surface area (Å²) in [7, 11) is 0. The summed E-state index contributed by atoms with van der Waals surface area (Å²) in [6, 6.07) is 66.0. The van der Waals surface area contributed by atoms with Gasteiger partial charge in [0.05, 0.1) is 62.1 Å². The van der Waals surface area contributed by atoms with Crippen LogP contribution in [0.25, 0.3) is 93.6 Å². The summed E-state index contributed by atoms with van der Waals surface area (Å²) in [6.45, 7) is 0. The second-order valence-corrected chi connectivity index (χ2v) is 14.0. The number of benzene rings is 8. The number of hydrogen-bond donors (Lipinski definition) is 0. The topological polar surface area (TPSA) is 62.4 Å². The lowest BCUT2D eigenvalue weighted by Crippen LogP contribution is -2.00. The molecule has 0 unspecified atom stereocenters. The largest absolute Gasteiger partial charge is 0.309 e. The smallest absolute Gasteiger partial charge is 0.0992 e. The van der Waals surface area contributed by atoms with Gasteiger partial charge in [-0.25, -0.2) is 0 Å². The van der Waals surface area contributed by atoms with Crippen molar-refractivity contribution >= 4 is 65.4 Å². The molecule has 0 amide bonds. The number of rotatable bonds is 4. The van der Waals surface area contributed by atoms with Gasteiger partial charge in [-0.1, -0.05) is 97.1 Å². The molecule has 0 N–H and O–H groups in total. The minimum atomic E-state index is 0.598. The first-order chi connectivity index (χ1) is 27.2. The zero-order valence-electron chi connectivity index (χ0n) is 29.5. The summed E-state index contributed by atoms with van der Waals surface area (Å²) in [5.41, 5.74) is 12.8. The predicted octanol–water partition coefficient (Wildman–Crippen LogP) is 12.4. The van der Waals surface area contributed by atoms with E-state index < -0.39 is 0 Å². The van der Waals surface area contributed by atoms with Gasteiger partial charge >= 0.3 is 0 Å². The Morgan fingerprint density at radius 3 is 1.31 bits per heavy atom. The third-order valence-corrected chi connectivity index (χ3v) is 11.1. The van der Waals surface area contributed by atoms with Gasteiger partial charge in [0.25, 0.3) is 0 Å². The molecule has 254 valence electrons. The molecule has 0 aliphatic heterocycles. The SMILES string of the molecule is N#Cc1ccc(-n2c3ccccc3c3ccc(-n4c5ccccc5c5ccccc54)cc32)c(-c2ccc(-n3c4ccccc4c4ccc(C#N)cc43)cc2)c1. The highest BCUT2D eigenvalue weighted by atomic mass is 15.0. The van der Waals surface area contributed by atoms with Gasteiger partial charge in [-0.05, 0) is 84.4 Å². The summed E-state index contributed by atoms with van der Waals surface area (Å²) in [5, 5.41) is 26.9. The van der Waals surface area contributed by atoms with Crippen molar-refractivity contribution in [2.75, 3.05) is 0 Å². The lowest BCUT2D eigenvalue weighted by Gasteiger charge is -2.16. The molecular weight excluding hydrogens is 671 g/mol. The van der Waals surface area contributed by atoms with E-state index in [2.05, 4.69) is 171 Å². The van der Waals surface area contributed by atoms with Crippen LogP contribution >= 0.6 is 0 Å². The minimum Gasteiger partial charge on any atom is -0.309 e. The second kappa shape index (κ2) is 11.8. The first-order valence-corrected chi connectivity index (χ1v) is 18.3. The predicted molar refractivity (Wildman–Crippen MR) is 224 cm³/mol. The Labute approximate surface area is 316 Å². The van der Waals surface area contributed by atoms with E-state index in [4.69, 9.17) is 0 Å². The van der Waals surface area contributed by atoms with E-state index >= 15 is 0 Å². The zero-order valence-corrected chi connectivity index (χ0v) is 29.5. The Morgan fingerprint density at radius 1 is 0.327 bits per heavy atom. The number of nitriles is 2. The highest BCUT2D eigenvalue weighted by molar-refractivity contribution is 6.13. The Balaban J connectivity index is 1.13. The number of hydrogen-bond acceptors (Lipinski definition) is 2. The lowest BCUT2D eigenvalue weighted by atomic mass is 10.00. The van der Waals surface area contributed by atoms with Crippen LogP contribution < -0.4 is 0 Å².